The number of hydrogen-bond acceptors (Lipinski definition) is 8. The van der Waals surface area contributed by atoms with Crippen molar-refractivity contribution in [3.05, 3.63) is 83.9 Å². The van der Waals surface area contributed by atoms with Gasteiger partial charge in [0.2, 0.25) is 5.95 Å². The highest BCUT2D eigenvalue weighted by Crippen LogP contribution is 2.29. The Kier molecular flexibility index (Phi) is 6.62. The molecule has 0 atom stereocenters. The fraction of sp³-hybridized carbons (Fsp3) is 0.0435. The van der Waals surface area contributed by atoms with Crippen LogP contribution in [0.2, 0.25) is 0 Å². The third-order valence-corrected chi connectivity index (χ3v) is 4.61. The van der Waals surface area contributed by atoms with Crippen LogP contribution in [0.3, 0.4) is 0 Å². The van der Waals surface area contributed by atoms with Gasteiger partial charge in [-0.05, 0) is 30.3 Å². The quantitative estimate of drug-likeness (QED) is 0.299. The zero-order valence-corrected chi connectivity index (χ0v) is 18.1. The molecular weight excluding hydrogens is 463 g/mol. The second-order valence-corrected chi connectivity index (χ2v) is 7.07. The van der Waals surface area contributed by atoms with Gasteiger partial charge in [-0.15, -0.1) is 0 Å². The highest BCUT2D eigenvalue weighted by atomic mass is 19.1. The molecule has 0 spiro atoms. The molecule has 0 fully saturated rings. The number of nitrogen functional groups attached to an aromatic ring is 1. The summed E-state index contributed by atoms with van der Waals surface area (Å²) in [6.45, 7) is 0. The summed E-state index contributed by atoms with van der Waals surface area (Å²) in [6.07, 6.45) is 2.64. The van der Waals surface area contributed by atoms with E-state index >= 15 is 0 Å². The maximum absolute atomic E-state index is 14.7. The third kappa shape index (κ3) is 5.55. The monoisotopic (exact) mass is 481 g/mol. The van der Waals surface area contributed by atoms with Gasteiger partial charge in [0.15, 0.2) is 11.6 Å². The minimum atomic E-state index is -0.950. The van der Waals surface area contributed by atoms with E-state index in [9.17, 15) is 18.0 Å². The van der Waals surface area contributed by atoms with Crippen molar-refractivity contribution < 1.29 is 22.7 Å². The second-order valence-electron chi connectivity index (χ2n) is 7.07. The molecule has 2 heterocycles. The number of amides is 1. The topological polar surface area (TPSA) is 127 Å². The molecular formula is C23H18F3N7O2. The minimum Gasteiger partial charge on any atom is -0.454 e. The Hall–Kier alpha value is -4.87. The average Bonchev–Trinajstić information content (AvgIpc) is 2.82. The van der Waals surface area contributed by atoms with Gasteiger partial charge >= 0.3 is 0 Å². The fourth-order valence-corrected chi connectivity index (χ4v) is 2.96. The Bertz CT molecular complexity index is 1400. The fourth-order valence-electron chi connectivity index (χ4n) is 2.96. The molecule has 2 aromatic heterocycles. The second kappa shape index (κ2) is 9.95. The molecule has 4 rings (SSSR count). The number of pyridine rings is 1. The molecule has 0 saturated heterocycles. The van der Waals surface area contributed by atoms with Gasteiger partial charge in [-0.25, -0.2) is 23.1 Å². The number of nitrogens with one attached hydrogen (secondary N) is 3. The lowest BCUT2D eigenvalue weighted by molar-refractivity contribution is 0.102. The summed E-state index contributed by atoms with van der Waals surface area (Å²) in [5.74, 6) is -2.56. The van der Waals surface area contributed by atoms with Crippen molar-refractivity contribution in [1.29, 1.82) is 0 Å². The molecule has 9 nitrogen and oxygen atoms in total. The van der Waals surface area contributed by atoms with Crippen molar-refractivity contribution in [2.45, 2.75) is 0 Å². The van der Waals surface area contributed by atoms with Crippen LogP contribution in [0, 0.1) is 17.5 Å². The van der Waals surface area contributed by atoms with E-state index in [1.54, 1.807) is 7.05 Å². The Labute approximate surface area is 197 Å². The maximum atomic E-state index is 14.7. The molecule has 0 aliphatic rings. The van der Waals surface area contributed by atoms with Crippen LogP contribution in [0.1, 0.15) is 10.4 Å². The van der Waals surface area contributed by atoms with Gasteiger partial charge in [-0.3, -0.25) is 4.79 Å². The Morgan fingerprint density at radius 2 is 1.83 bits per heavy atom. The van der Waals surface area contributed by atoms with Crippen molar-refractivity contribution in [1.82, 2.24) is 15.0 Å². The number of halogens is 3. The summed E-state index contributed by atoms with van der Waals surface area (Å²) in [4.78, 5) is 24.8. The first-order chi connectivity index (χ1) is 16.8. The van der Waals surface area contributed by atoms with Gasteiger partial charge in [0, 0.05) is 43.3 Å². The van der Waals surface area contributed by atoms with Gasteiger partial charge in [0.1, 0.15) is 34.6 Å². The molecule has 0 bridgehead atoms. The summed E-state index contributed by atoms with van der Waals surface area (Å²) >= 11 is 0. The van der Waals surface area contributed by atoms with Crippen molar-refractivity contribution in [3.8, 4) is 11.5 Å². The van der Waals surface area contributed by atoms with Crippen LogP contribution >= 0.6 is 0 Å². The smallest absolute Gasteiger partial charge is 0.261 e. The van der Waals surface area contributed by atoms with Crippen LogP contribution in [0.25, 0.3) is 0 Å². The molecule has 2 aromatic carbocycles. The summed E-state index contributed by atoms with van der Waals surface area (Å²) in [5.41, 5.74) is 5.55. The van der Waals surface area contributed by atoms with E-state index in [4.69, 9.17) is 10.5 Å². The Morgan fingerprint density at radius 3 is 2.54 bits per heavy atom. The molecule has 5 N–H and O–H groups in total. The largest absolute Gasteiger partial charge is 0.454 e. The highest BCUT2D eigenvalue weighted by molar-refractivity contribution is 6.07. The van der Waals surface area contributed by atoms with Gasteiger partial charge in [0.05, 0.1) is 5.69 Å². The van der Waals surface area contributed by atoms with E-state index in [-0.39, 0.29) is 40.3 Å². The maximum Gasteiger partial charge on any atom is 0.261 e. The Morgan fingerprint density at radius 1 is 1.00 bits per heavy atom. The van der Waals surface area contributed by atoms with Gasteiger partial charge < -0.3 is 26.4 Å². The first-order valence-electron chi connectivity index (χ1n) is 10.1. The third-order valence-electron chi connectivity index (χ3n) is 4.61. The van der Waals surface area contributed by atoms with Gasteiger partial charge in [-0.1, -0.05) is 0 Å². The first-order valence-corrected chi connectivity index (χ1v) is 10.1. The molecule has 0 radical (unpaired) electrons. The summed E-state index contributed by atoms with van der Waals surface area (Å²) in [5, 5.41) is 7.92. The lowest BCUT2D eigenvalue weighted by Crippen LogP contribution is -2.17. The standard InChI is InChI=1S/C23H18F3N7O2/c1-28-23-30-11-15(22(34)32-18-4-2-12(24)8-16(18)25)21(33-23)31-13-3-5-19(17(26)9-13)35-14-6-7-29-20(27)10-14/h2-11H,1H3,(H2,27,29)(H,32,34)(H2,28,30,31,33). The summed E-state index contributed by atoms with van der Waals surface area (Å²) in [6, 6.07) is 9.73. The van der Waals surface area contributed by atoms with Gasteiger partial charge in [-0.2, -0.15) is 4.98 Å². The lowest BCUT2D eigenvalue weighted by atomic mass is 10.2. The van der Waals surface area contributed by atoms with Crippen LogP contribution in [-0.2, 0) is 0 Å². The van der Waals surface area contributed by atoms with Crippen molar-refractivity contribution in [3.63, 3.8) is 0 Å². The van der Waals surface area contributed by atoms with E-state index in [1.807, 2.05) is 0 Å². The molecule has 178 valence electrons. The minimum absolute atomic E-state index is 0.0133. The zero-order valence-electron chi connectivity index (χ0n) is 18.1. The van der Waals surface area contributed by atoms with Crippen LogP contribution < -0.4 is 26.4 Å². The van der Waals surface area contributed by atoms with Gasteiger partial charge in [0.25, 0.3) is 5.91 Å². The number of benzene rings is 2. The number of anilines is 5. The lowest BCUT2D eigenvalue weighted by Gasteiger charge is -2.14. The number of carbonyl (C=O) groups is 1. The predicted octanol–water partition coefficient (Wildman–Crippen LogP) is 4.70. The van der Waals surface area contributed by atoms with Crippen LogP contribution in [0.4, 0.5) is 42.1 Å². The van der Waals surface area contributed by atoms with Crippen LogP contribution in [0.5, 0.6) is 11.5 Å². The molecule has 1 amide bonds. The number of carbonyl (C=O) groups excluding carboxylic acids is 1. The number of rotatable bonds is 7. The molecule has 0 aliphatic carbocycles. The van der Waals surface area contributed by atoms with E-state index in [0.29, 0.717) is 11.8 Å². The van der Waals surface area contributed by atoms with Crippen molar-refractivity contribution >= 4 is 34.9 Å². The first kappa shape index (κ1) is 23.3. The Balaban J connectivity index is 1.58. The van der Waals surface area contributed by atoms with E-state index in [1.165, 1.54) is 36.7 Å². The average molecular weight is 481 g/mol. The summed E-state index contributed by atoms with van der Waals surface area (Å²) < 4.78 is 47.3. The number of nitrogens with zero attached hydrogens (tertiary/aromatic N) is 3. The van der Waals surface area contributed by atoms with E-state index in [2.05, 4.69) is 30.9 Å². The van der Waals surface area contributed by atoms with Crippen LogP contribution in [0.15, 0.2) is 60.9 Å². The van der Waals surface area contributed by atoms with Crippen molar-refractivity contribution in [2.24, 2.45) is 0 Å². The molecule has 0 saturated carbocycles. The number of ether oxygens (including phenoxy) is 1. The molecule has 0 unspecified atom stereocenters. The van der Waals surface area contributed by atoms with Crippen LogP contribution in [-0.4, -0.2) is 27.9 Å². The highest BCUT2D eigenvalue weighted by Gasteiger charge is 2.18. The summed E-state index contributed by atoms with van der Waals surface area (Å²) in [7, 11) is 1.57. The molecule has 35 heavy (non-hydrogen) atoms. The normalized spacial score (nSPS) is 10.5. The van der Waals surface area contributed by atoms with E-state index < -0.39 is 23.4 Å². The zero-order chi connectivity index (χ0) is 24.9. The number of hydrogen-bond donors (Lipinski definition) is 4. The SMILES string of the molecule is CNc1ncc(C(=O)Nc2ccc(F)cc2F)c(Nc2ccc(Oc3ccnc(N)c3)c(F)c2)n1. The predicted molar refractivity (Wildman–Crippen MR) is 124 cm³/mol. The molecule has 0 aliphatic heterocycles. The van der Waals surface area contributed by atoms with Crippen molar-refractivity contribution in [2.75, 3.05) is 28.7 Å². The number of aromatic nitrogens is 3. The molecule has 4 aromatic rings. The number of nitrogens with two attached hydrogens (primary N) is 1. The molecule has 12 heteroatoms. The van der Waals surface area contributed by atoms with E-state index in [0.717, 1.165) is 18.2 Å².